The molecule has 1 aromatic heterocycles. The molecular formula is C24H30N4O3S. The van der Waals surface area contributed by atoms with E-state index in [2.05, 4.69) is 29.4 Å². The highest BCUT2D eigenvalue weighted by molar-refractivity contribution is 7.99. The quantitative estimate of drug-likeness (QED) is 0.419. The number of rotatable bonds is 10. The Morgan fingerprint density at radius 3 is 2.28 bits per heavy atom. The van der Waals surface area contributed by atoms with Gasteiger partial charge in [0.05, 0.1) is 12.9 Å². The van der Waals surface area contributed by atoms with E-state index in [4.69, 9.17) is 9.47 Å². The van der Waals surface area contributed by atoms with E-state index in [-0.39, 0.29) is 17.8 Å². The number of amides is 1. The van der Waals surface area contributed by atoms with Gasteiger partial charge in [-0.15, -0.1) is 10.2 Å². The van der Waals surface area contributed by atoms with Crippen LogP contribution in [0.1, 0.15) is 51.1 Å². The van der Waals surface area contributed by atoms with Crippen LogP contribution in [-0.4, -0.2) is 33.5 Å². The molecule has 3 aromatic rings. The van der Waals surface area contributed by atoms with Crippen LogP contribution in [0.4, 0.5) is 5.69 Å². The molecule has 0 saturated carbocycles. The Kier molecular flexibility index (Phi) is 8.16. The number of ether oxygens (including phenoxy) is 2. The molecule has 8 heteroatoms. The first-order chi connectivity index (χ1) is 15.4. The third-order valence-corrected chi connectivity index (χ3v) is 5.96. The summed E-state index contributed by atoms with van der Waals surface area (Å²) in [5.74, 6) is 2.84. The molecule has 0 aliphatic carbocycles. The van der Waals surface area contributed by atoms with Crippen LogP contribution < -0.4 is 14.8 Å². The van der Waals surface area contributed by atoms with Gasteiger partial charge in [-0.05, 0) is 61.7 Å². The monoisotopic (exact) mass is 454 g/mol. The predicted molar refractivity (Wildman–Crippen MR) is 128 cm³/mol. The Balaban J connectivity index is 1.59. The van der Waals surface area contributed by atoms with E-state index in [1.54, 1.807) is 7.11 Å². The molecule has 1 N–H and O–H groups in total. The molecule has 1 atom stereocenters. The number of anilines is 1. The van der Waals surface area contributed by atoms with E-state index >= 15 is 0 Å². The summed E-state index contributed by atoms with van der Waals surface area (Å²) >= 11 is 1.36. The molecule has 2 aromatic carbocycles. The highest BCUT2D eigenvalue weighted by atomic mass is 32.2. The van der Waals surface area contributed by atoms with Crippen molar-refractivity contribution in [2.45, 2.75) is 51.4 Å². The third-order valence-electron chi connectivity index (χ3n) is 4.99. The molecule has 7 nitrogen and oxygen atoms in total. The molecule has 170 valence electrons. The van der Waals surface area contributed by atoms with Crippen molar-refractivity contribution in [1.29, 1.82) is 0 Å². The zero-order chi connectivity index (χ0) is 23.1. The van der Waals surface area contributed by atoms with Crippen LogP contribution in [0, 0.1) is 0 Å². The molecule has 32 heavy (non-hydrogen) atoms. The van der Waals surface area contributed by atoms with Gasteiger partial charge in [0.25, 0.3) is 0 Å². The Hall–Kier alpha value is -3.00. The van der Waals surface area contributed by atoms with Crippen LogP contribution in [0.2, 0.25) is 0 Å². The summed E-state index contributed by atoms with van der Waals surface area (Å²) in [6.45, 7) is 8.92. The van der Waals surface area contributed by atoms with Gasteiger partial charge in [0, 0.05) is 12.2 Å². The highest BCUT2D eigenvalue weighted by Crippen LogP contribution is 2.26. The van der Waals surface area contributed by atoms with E-state index in [1.165, 1.54) is 17.3 Å². The van der Waals surface area contributed by atoms with Gasteiger partial charge in [-0.1, -0.05) is 37.7 Å². The number of thioether (sulfide) groups is 1. The van der Waals surface area contributed by atoms with Gasteiger partial charge >= 0.3 is 0 Å². The lowest BCUT2D eigenvalue weighted by Gasteiger charge is -2.16. The molecule has 0 saturated heterocycles. The first-order valence-corrected chi connectivity index (χ1v) is 11.7. The van der Waals surface area contributed by atoms with Crippen molar-refractivity contribution < 1.29 is 14.3 Å². The summed E-state index contributed by atoms with van der Waals surface area (Å²) in [5, 5.41) is 12.2. The second-order valence-corrected chi connectivity index (χ2v) is 8.58. The van der Waals surface area contributed by atoms with Crippen LogP contribution in [0.3, 0.4) is 0 Å². The standard InChI is InChI=1S/C24H30N4O3S/c1-6-28-23(17(4)31-21-13-11-20(30-5)12-14-21)26-27-24(28)32-15-22(29)25-19-9-7-18(8-10-19)16(2)3/h7-14,16-17H,6,15H2,1-5H3,(H,25,29). The smallest absolute Gasteiger partial charge is 0.234 e. The number of hydrogen-bond acceptors (Lipinski definition) is 6. The minimum atomic E-state index is -0.293. The second kappa shape index (κ2) is 11.0. The van der Waals surface area contributed by atoms with Gasteiger partial charge in [-0.3, -0.25) is 4.79 Å². The number of methoxy groups -OCH3 is 1. The Labute approximate surface area is 193 Å². The van der Waals surface area contributed by atoms with Crippen molar-refractivity contribution in [2.75, 3.05) is 18.2 Å². The van der Waals surface area contributed by atoms with E-state index in [9.17, 15) is 4.79 Å². The predicted octanol–water partition coefficient (Wildman–Crippen LogP) is 5.30. The summed E-state index contributed by atoms with van der Waals surface area (Å²) in [4.78, 5) is 12.4. The number of carbonyl (C=O) groups excluding carboxylic acids is 1. The highest BCUT2D eigenvalue weighted by Gasteiger charge is 2.19. The van der Waals surface area contributed by atoms with E-state index < -0.39 is 0 Å². The number of aromatic nitrogens is 3. The van der Waals surface area contributed by atoms with Crippen molar-refractivity contribution in [3.63, 3.8) is 0 Å². The molecule has 1 heterocycles. The number of nitrogens with one attached hydrogen (secondary N) is 1. The second-order valence-electron chi connectivity index (χ2n) is 7.63. The first kappa shape index (κ1) is 23.7. The van der Waals surface area contributed by atoms with E-state index in [0.29, 0.717) is 17.6 Å². The van der Waals surface area contributed by atoms with Crippen molar-refractivity contribution in [3.05, 3.63) is 59.9 Å². The molecule has 0 fully saturated rings. The summed E-state index contributed by atoms with van der Waals surface area (Å²) in [6, 6.07) is 15.4. The molecule has 3 rings (SSSR count). The largest absolute Gasteiger partial charge is 0.497 e. The van der Waals surface area contributed by atoms with Crippen LogP contribution in [0.15, 0.2) is 53.7 Å². The maximum absolute atomic E-state index is 12.4. The van der Waals surface area contributed by atoms with Crippen LogP contribution in [-0.2, 0) is 11.3 Å². The van der Waals surface area contributed by atoms with Gasteiger partial charge < -0.3 is 19.4 Å². The molecular weight excluding hydrogens is 424 g/mol. The van der Waals surface area contributed by atoms with Gasteiger partial charge in [0.15, 0.2) is 17.1 Å². The molecule has 0 aliphatic rings. The fourth-order valence-electron chi connectivity index (χ4n) is 3.19. The lowest BCUT2D eigenvalue weighted by atomic mass is 10.0. The van der Waals surface area contributed by atoms with E-state index in [1.807, 2.05) is 66.9 Å². The van der Waals surface area contributed by atoms with Crippen molar-refractivity contribution in [1.82, 2.24) is 14.8 Å². The molecule has 0 radical (unpaired) electrons. The van der Waals surface area contributed by atoms with Gasteiger partial charge in [-0.2, -0.15) is 0 Å². The van der Waals surface area contributed by atoms with Crippen molar-refractivity contribution >= 4 is 23.4 Å². The zero-order valence-corrected chi connectivity index (χ0v) is 20.0. The average molecular weight is 455 g/mol. The number of nitrogens with zero attached hydrogens (tertiary/aromatic N) is 3. The Morgan fingerprint density at radius 1 is 1.03 bits per heavy atom. The van der Waals surface area contributed by atoms with E-state index in [0.717, 1.165) is 23.0 Å². The van der Waals surface area contributed by atoms with Crippen LogP contribution in [0.25, 0.3) is 0 Å². The first-order valence-electron chi connectivity index (χ1n) is 10.7. The molecule has 0 spiro atoms. The lowest BCUT2D eigenvalue weighted by molar-refractivity contribution is -0.113. The minimum absolute atomic E-state index is 0.0815. The number of hydrogen-bond donors (Lipinski definition) is 1. The molecule has 1 unspecified atom stereocenters. The number of benzene rings is 2. The van der Waals surface area contributed by atoms with Crippen molar-refractivity contribution in [2.24, 2.45) is 0 Å². The van der Waals surface area contributed by atoms with Crippen LogP contribution in [0.5, 0.6) is 11.5 Å². The summed E-state index contributed by atoms with van der Waals surface area (Å²) < 4.78 is 13.2. The normalized spacial score (nSPS) is 11.9. The molecule has 1 amide bonds. The summed E-state index contributed by atoms with van der Waals surface area (Å²) in [7, 11) is 1.63. The topological polar surface area (TPSA) is 78.3 Å². The SMILES string of the molecule is CCn1c(SCC(=O)Nc2ccc(C(C)C)cc2)nnc1C(C)Oc1ccc(OC)cc1. The zero-order valence-electron chi connectivity index (χ0n) is 19.2. The minimum Gasteiger partial charge on any atom is -0.497 e. The third kappa shape index (κ3) is 6.03. The number of carbonyl (C=O) groups is 1. The summed E-state index contributed by atoms with van der Waals surface area (Å²) in [5.41, 5.74) is 2.03. The molecule has 0 aliphatic heterocycles. The Morgan fingerprint density at radius 2 is 1.69 bits per heavy atom. The van der Waals surface area contributed by atoms with Crippen molar-refractivity contribution in [3.8, 4) is 11.5 Å². The van der Waals surface area contributed by atoms with Gasteiger partial charge in [0.2, 0.25) is 5.91 Å². The maximum atomic E-state index is 12.4. The fraction of sp³-hybridized carbons (Fsp3) is 0.375. The van der Waals surface area contributed by atoms with Gasteiger partial charge in [-0.25, -0.2) is 0 Å². The maximum Gasteiger partial charge on any atom is 0.234 e. The summed E-state index contributed by atoms with van der Waals surface area (Å²) in [6.07, 6.45) is -0.293. The average Bonchev–Trinajstić information content (AvgIpc) is 3.21. The van der Waals surface area contributed by atoms with Crippen LogP contribution >= 0.6 is 11.8 Å². The fourth-order valence-corrected chi connectivity index (χ4v) is 4.00. The molecule has 0 bridgehead atoms. The Bertz CT molecular complexity index is 1020. The lowest BCUT2D eigenvalue weighted by Crippen LogP contribution is -2.15. The van der Waals surface area contributed by atoms with Gasteiger partial charge in [0.1, 0.15) is 11.5 Å².